The Morgan fingerprint density at radius 1 is 0.500 bits per heavy atom. The predicted molar refractivity (Wildman–Crippen MR) is 257 cm³/mol. The fraction of sp³-hybridized carbons (Fsp3) is 0.347. The normalized spacial score (nSPS) is 12.8. The van der Waals surface area contributed by atoms with Crippen LogP contribution in [0.2, 0.25) is 0 Å². The van der Waals surface area contributed by atoms with E-state index in [9.17, 15) is 77.6 Å². The van der Waals surface area contributed by atoms with Crippen molar-refractivity contribution < 1.29 is 82.7 Å². The number of urea groups is 1. The summed E-state index contributed by atoms with van der Waals surface area (Å²) in [4.78, 5) is 138. The molecule has 25 heteroatoms. The number of amides is 7. The third-order valence-corrected chi connectivity index (χ3v) is 11.2. The van der Waals surface area contributed by atoms with Crippen LogP contribution >= 0.6 is 0 Å². The van der Waals surface area contributed by atoms with Crippen molar-refractivity contribution in [3.05, 3.63) is 113 Å². The molecule has 4 rings (SSSR count). The second kappa shape index (κ2) is 28.7. The number of aliphatic carboxylic acids is 5. The van der Waals surface area contributed by atoms with Gasteiger partial charge in [0.1, 0.15) is 30.2 Å². The van der Waals surface area contributed by atoms with Crippen molar-refractivity contribution in [3.63, 3.8) is 0 Å². The second-order valence-electron chi connectivity index (χ2n) is 16.8. The number of fused-ring (bicyclic) bond motifs is 1. The van der Waals surface area contributed by atoms with Gasteiger partial charge in [0, 0.05) is 50.5 Å². The third-order valence-electron chi connectivity index (χ3n) is 11.2. The quantitative estimate of drug-likeness (QED) is 0.0261. The molecule has 0 aliphatic rings. The minimum atomic E-state index is -1.57. The number of benzene rings is 3. The monoisotopic (exact) mass is 1030 g/mol. The minimum Gasteiger partial charge on any atom is -0.481 e. The maximum absolute atomic E-state index is 13.6. The van der Waals surface area contributed by atoms with E-state index in [1.165, 1.54) is 12.1 Å². The minimum absolute atomic E-state index is 0.0373. The molecule has 24 nitrogen and oxygen atoms in total. The summed E-state index contributed by atoms with van der Waals surface area (Å²) in [5, 5.41) is 65.5. The van der Waals surface area contributed by atoms with Crippen LogP contribution in [0, 0.1) is 5.95 Å². The highest BCUT2D eigenvalue weighted by Crippen LogP contribution is 2.18. The molecular formula is C49H55FN8O16. The first-order chi connectivity index (χ1) is 35.2. The molecule has 394 valence electrons. The van der Waals surface area contributed by atoms with Gasteiger partial charge in [0.2, 0.25) is 23.7 Å². The zero-order chi connectivity index (χ0) is 54.3. The first-order valence-corrected chi connectivity index (χ1v) is 23.0. The van der Waals surface area contributed by atoms with E-state index < -0.39 is 127 Å². The summed E-state index contributed by atoms with van der Waals surface area (Å²) in [6, 6.07) is 12.8. The number of hydrogen-bond acceptors (Lipinski definition) is 12. The van der Waals surface area contributed by atoms with Crippen molar-refractivity contribution in [3.8, 4) is 0 Å². The van der Waals surface area contributed by atoms with Gasteiger partial charge < -0.3 is 62.8 Å². The molecule has 3 aromatic carbocycles. The number of unbranched alkanes of at least 4 members (excludes halogenated alkanes) is 1. The number of halogens is 1. The average molecular weight is 1030 g/mol. The fourth-order valence-corrected chi connectivity index (χ4v) is 7.15. The van der Waals surface area contributed by atoms with Gasteiger partial charge in [-0.3, -0.25) is 28.8 Å². The molecule has 0 radical (unpaired) electrons. The molecule has 0 fully saturated rings. The average Bonchev–Trinajstić information content (AvgIpc) is 3.36. The van der Waals surface area contributed by atoms with Crippen LogP contribution in [0.25, 0.3) is 10.8 Å². The maximum atomic E-state index is 13.6. The Hall–Kier alpha value is -9.03. The maximum Gasteiger partial charge on any atom is 0.326 e. The highest BCUT2D eigenvalue weighted by atomic mass is 18.2. The first kappa shape index (κ1) is 57.5. The van der Waals surface area contributed by atoms with Gasteiger partial charge in [-0.1, -0.05) is 54.6 Å². The summed E-state index contributed by atoms with van der Waals surface area (Å²) < 4.78 is 13.1. The van der Waals surface area contributed by atoms with Crippen LogP contribution in [0.4, 0.5) is 9.18 Å². The van der Waals surface area contributed by atoms with Crippen molar-refractivity contribution in [1.82, 2.24) is 42.2 Å². The van der Waals surface area contributed by atoms with E-state index in [4.69, 9.17) is 5.11 Å². The Labute approximate surface area is 420 Å². The van der Waals surface area contributed by atoms with Gasteiger partial charge in [-0.25, -0.2) is 29.0 Å². The first-order valence-electron chi connectivity index (χ1n) is 23.0. The summed E-state index contributed by atoms with van der Waals surface area (Å²) in [5.74, 6) is -11.5. The van der Waals surface area contributed by atoms with Crippen molar-refractivity contribution >= 4 is 76.2 Å². The number of carboxylic acid groups (broad SMARTS) is 5. The number of nitrogens with zero attached hydrogens (tertiary/aromatic N) is 1. The number of rotatable bonds is 30. The summed E-state index contributed by atoms with van der Waals surface area (Å²) in [6.45, 7) is 0.00555. The molecule has 0 spiro atoms. The van der Waals surface area contributed by atoms with E-state index in [0.717, 1.165) is 34.7 Å². The standard InChI is InChI=1S/C49H55FN8O16/c50-38-18-14-32(26-52-38)43(64)55-35(47(70)71)16-20-40(60)54-34(46(68)69)15-19-39(59)53-25-27-8-12-30(13-9-27)42(63)56-37(24-28-10-11-29-5-1-2-6-31(29)23-28)44(65)51-22-4-3-7-33(45(66)67)57-49(74)58-36(48(72)73)17-21-41(61)62/h1-2,5-6,8-14,18,23,26,33-37H,3-4,7,15-17,19-22,24-25H2,(H,51,65)(H,53,59)(H,54,60)(H,55,64)(H,56,63)(H,61,62)(H,66,67)(H,68,69)(H,70,71)(H,72,73)(H2,57,58,74)/i50-1. The summed E-state index contributed by atoms with van der Waals surface area (Å²) in [5.41, 5.74) is 1.30. The smallest absolute Gasteiger partial charge is 0.326 e. The van der Waals surface area contributed by atoms with Crippen molar-refractivity contribution in [2.45, 2.75) is 101 Å². The highest BCUT2D eigenvalue weighted by molar-refractivity contribution is 5.98. The Kier molecular flexibility index (Phi) is 22.3. The second-order valence-corrected chi connectivity index (χ2v) is 16.8. The lowest BCUT2D eigenvalue weighted by Gasteiger charge is -2.20. The molecule has 0 saturated heterocycles. The number of nitrogens with one attached hydrogen (secondary N) is 7. The highest BCUT2D eigenvalue weighted by Gasteiger charge is 2.28. The molecule has 4 aromatic rings. The zero-order valence-corrected chi connectivity index (χ0v) is 39.5. The Morgan fingerprint density at radius 3 is 1.64 bits per heavy atom. The van der Waals surface area contributed by atoms with Crippen LogP contribution in [-0.4, -0.2) is 133 Å². The third kappa shape index (κ3) is 19.6. The molecular weight excluding hydrogens is 975 g/mol. The summed E-state index contributed by atoms with van der Waals surface area (Å²) in [7, 11) is 0. The zero-order valence-electron chi connectivity index (χ0n) is 39.5. The number of carboxylic acids is 5. The topological polar surface area (TPSA) is 386 Å². The lowest BCUT2D eigenvalue weighted by atomic mass is 10.0. The van der Waals surface area contributed by atoms with Gasteiger partial charge in [0.15, 0.2) is 0 Å². The van der Waals surface area contributed by atoms with Gasteiger partial charge in [0.25, 0.3) is 11.8 Å². The number of hydrogen-bond donors (Lipinski definition) is 12. The van der Waals surface area contributed by atoms with Gasteiger partial charge in [0.05, 0.1) is 5.56 Å². The number of aromatic nitrogens is 1. The molecule has 0 saturated carbocycles. The van der Waals surface area contributed by atoms with Gasteiger partial charge in [-0.05, 0) is 84.7 Å². The van der Waals surface area contributed by atoms with Crippen LogP contribution in [0.3, 0.4) is 0 Å². The van der Waals surface area contributed by atoms with E-state index in [2.05, 4.69) is 42.2 Å². The van der Waals surface area contributed by atoms with Gasteiger partial charge in [-0.2, -0.15) is 4.39 Å². The molecule has 0 aliphatic heterocycles. The lowest BCUT2D eigenvalue weighted by molar-refractivity contribution is -0.143. The van der Waals surface area contributed by atoms with E-state index in [-0.39, 0.29) is 62.7 Å². The number of carbonyl (C=O) groups excluding carboxylic acids is 6. The van der Waals surface area contributed by atoms with E-state index in [0.29, 0.717) is 5.56 Å². The summed E-state index contributed by atoms with van der Waals surface area (Å²) in [6.07, 6.45) is -1.31. The lowest BCUT2D eigenvalue weighted by Crippen LogP contribution is -2.51. The number of carbonyl (C=O) groups is 11. The Bertz CT molecular complexity index is 2690. The molecule has 5 unspecified atom stereocenters. The molecule has 1 heterocycles. The van der Waals surface area contributed by atoms with Crippen LogP contribution in [0.1, 0.15) is 89.6 Å². The Balaban J connectivity index is 1.27. The van der Waals surface area contributed by atoms with Crippen LogP contribution < -0.4 is 37.2 Å². The van der Waals surface area contributed by atoms with E-state index >= 15 is 0 Å². The van der Waals surface area contributed by atoms with Crippen LogP contribution in [0.5, 0.6) is 0 Å². The van der Waals surface area contributed by atoms with Crippen molar-refractivity contribution in [1.29, 1.82) is 0 Å². The van der Waals surface area contributed by atoms with E-state index in [1.54, 1.807) is 12.1 Å². The Morgan fingerprint density at radius 2 is 1.03 bits per heavy atom. The van der Waals surface area contributed by atoms with Crippen LogP contribution in [0.15, 0.2) is 85.1 Å². The molecule has 7 amide bonds. The van der Waals surface area contributed by atoms with Gasteiger partial charge in [-0.15, -0.1) is 0 Å². The van der Waals surface area contributed by atoms with E-state index in [1.807, 2.05) is 42.5 Å². The number of pyridine rings is 1. The SMILES string of the molecule is O=C(O)CCC(NC(=O)NC(CCCCNC(=O)C(Cc1ccc2ccccc2c1)NC(=O)c1ccc(CNC(=O)CCC(NC(=O)CCC(NC(=O)c2ccc([18F])nc2)C(=O)O)C(=O)O)cc1)C(=O)O)C(=O)O. The van der Waals surface area contributed by atoms with Crippen molar-refractivity contribution in [2.24, 2.45) is 0 Å². The molecule has 0 aliphatic carbocycles. The molecule has 5 atom stereocenters. The largest absolute Gasteiger partial charge is 0.481 e. The summed E-state index contributed by atoms with van der Waals surface area (Å²) >= 11 is 0. The van der Waals surface area contributed by atoms with Gasteiger partial charge >= 0.3 is 35.9 Å². The van der Waals surface area contributed by atoms with Crippen molar-refractivity contribution in [2.75, 3.05) is 6.54 Å². The molecule has 74 heavy (non-hydrogen) atoms. The van der Waals surface area contributed by atoms with Crippen LogP contribution in [-0.2, 0) is 51.3 Å². The molecule has 0 bridgehead atoms. The molecule has 12 N–H and O–H groups in total. The molecule has 1 aromatic heterocycles. The predicted octanol–water partition coefficient (Wildman–Crippen LogP) is 1.70. The fourth-order valence-electron chi connectivity index (χ4n) is 7.15.